The van der Waals surface area contributed by atoms with Gasteiger partial charge in [0.15, 0.2) is 0 Å². The summed E-state index contributed by atoms with van der Waals surface area (Å²) in [5.74, 6) is -0.477. The summed E-state index contributed by atoms with van der Waals surface area (Å²) in [6.45, 7) is 1.84. The molecule has 0 bridgehead atoms. The molecule has 0 unspecified atom stereocenters. The van der Waals surface area contributed by atoms with Gasteiger partial charge >= 0.3 is 5.97 Å². The lowest BCUT2D eigenvalue weighted by molar-refractivity contribution is 0.0768. The molecule has 12 heavy (non-hydrogen) atoms. The van der Waals surface area contributed by atoms with Gasteiger partial charge < -0.3 is 4.18 Å². The van der Waals surface area contributed by atoms with Crippen LogP contribution in [0, 0.1) is 6.92 Å². The predicted molar refractivity (Wildman–Crippen MR) is 46.2 cm³/mol. The van der Waals surface area contributed by atoms with E-state index in [2.05, 4.69) is 9.17 Å². The highest BCUT2D eigenvalue weighted by Crippen LogP contribution is 2.04. The Balaban J connectivity index is 2.75. The van der Waals surface area contributed by atoms with Crippen LogP contribution in [0.2, 0.25) is 0 Å². The molecule has 4 nitrogen and oxygen atoms in total. The number of pyridine rings is 1. The fourth-order valence-corrected chi connectivity index (χ4v) is 0.864. The van der Waals surface area contributed by atoms with Crippen LogP contribution in [-0.2, 0) is 4.18 Å². The molecule has 1 rings (SSSR count). The fraction of sp³-hybridized carbons (Fsp3) is 0.143. The minimum Gasteiger partial charge on any atom is -0.371 e. The van der Waals surface area contributed by atoms with E-state index in [4.69, 9.17) is 5.14 Å². The molecule has 1 heterocycles. The van der Waals surface area contributed by atoms with E-state index in [1.807, 2.05) is 6.92 Å². The van der Waals surface area contributed by atoms with E-state index < -0.39 is 5.97 Å². The van der Waals surface area contributed by atoms with Crippen LogP contribution in [0.25, 0.3) is 0 Å². The summed E-state index contributed by atoms with van der Waals surface area (Å²) in [6.07, 6.45) is 1.45. The Labute approximate surface area is 74.5 Å². The van der Waals surface area contributed by atoms with E-state index in [9.17, 15) is 4.79 Å². The molecular formula is C7H8N2O2S. The van der Waals surface area contributed by atoms with Crippen molar-refractivity contribution in [2.24, 2.45) is 5.14 Å². The van der Waals surface area contributed by atoms with E-state index in [0.717, 1.165) is 5.69 Å². The van der Waals surface area contributed by atoms with E-state index in [-0.39, 0.29) is 0 Å². The second-order valence-electron chi connectivity index (χ2n) is 2.16. The Kier molecular flexibility index (Phi) is 3.07. The predicted octanol–water partition coefficient (Wildman–Crippen LogP) is 1.07. The van der Waals surface area contributed by atoms with Crippen LogP contribution in [0.3, 0.4) is 0 Å². The van der Waals surface area contributed by atoms with E-state index in [1.165, 1.54) is 6.20 Å². The summed E-state index contributed by atoms with van der Waals surface area (Å²) < 4.78 is 4.48. The van der Waals surface area contributed by atoms with Crippen LogP contribution in [0.4, 0.5) is 0 Å². The molecule has 0 aromatic carbocycles. The molecule has 0 aliphatic carbocycles. The first-order chi connectivity index (χ1) is 5.74. The molecule has 0 radical (unpaired) electrons. The highest BCUT2D eigenvalue weighted by molar-refractivity contribution is 7.92. The van der Waals surface area contributed by atoms with Crippen LogP contribution in [0.1, 0.15) is 16.1 Å². The van der Waals surface area contributed by atoms with Crippen molar-refractivity contribution in [3.8, 4) is 0 Å². The van der Waals surface area contributed by atoms with Crippen LogP contribution in [-0.4, -0.2) is 11.0 Å². The van der Waals surface area contributed by atoms with Crippen molar-refractivity contribution in [3.63, 3.8) is 0 Å². The van der Waals surface area contributed by atoms with Gasteiger partial charge in [0.25, 0.3) is 0 Å². The third-order valence-corrected chi connectivity index (χ3v) is 1.52. The van der Waals surface area contributed by atoms with Gasteiger partial charge in [0.2, 0.25) is 0 Å². The lowest BCUT2D eigenvalue weighted by atomic mass is 10.3. The molecule has 64 valence electrons. The highest BCUT2D eigenvalue weighted by atomic mass is 32.2. The number of nitrogens with zero attached hydrogens (tertiary/aromatic N) is 1. The number of hydrogen-bond acceptors (Lipinski definition) is 5. The maximum atomic E-state index is 11.0. The summed E-state index contributed by atoms with van der Waals surface area (Å²) in [7, 11) is 0. The lowest BCUT2D eigenvalue weighted by Gasteiger charge is -1.98. The Hall–Kier alpha value is -1.07. The molecule has 0 saturated heterocycles. The molecule has 1 aromatic heterocycles. The Morgan fingerprint density at radius 1 is 1.67 bits per heavy atom. The van der Waals surface area contributed by atoms with Gasteiger partial charge in [-0.25, -0.2) is 9.93 Å². The summed E-state index contributed by atoms with van der Waals surface area (Å²) in [6, 6.07) is 3.37. The monoisotopic (exact) mass is 184 g/mol. The molecule has 2 N–H and O–H groups in total. The average Bonchev–Trinajstić information content (AvgIpc) is 2.06. The number of carbonyl (C=O) groups excluding carboxylic acids is 1. The molecule has 0 saturated carbocycles. The molecule has 0 aliphatic rings. The van der Waals surface area contributed by atoms with Crippen molar-refractivity contribution in [1.29, 1.82) is 0 Å². The largest absolute Gasteiger partial charge is 0.371 e. The average molecular weight is 184 g/mol. The van der Waals surface area contributed by atoms with Gasteiger partial charge in [-0.2, -0.15) is 0 Å². The number of rotatable bonds is 2. The fourth-order valence-electron chi connectivity index (χ4n) is 0.680. The van der Waals surface area contributed by atoms with Crippen molar-refractivity contribution >= 4 is 18.2 Å². The van der Waals surface area contributed by atoms with Crippen molar-refractivity contribution in [1.82, 2.24) is 4.98 Å². The zero-order valence-corrected chi connectivity index (χ0v) is 7.30. The van der Waals surface area contributed by atoms with Crippen molar-refractivity contribution in [2.75, 3.05) is 0 Å². The van der Waals surface area contributed by atoms with E-state index >= 15 is 0 Å². The molecule has 0 spiro atoms. The zero-order valence-electron chi connectivity index (χ0n) is 6.48. The molecule has 0 aliphatic heterocycles. The van der Waals surface area contributed by atoms with Gasteiger partial charge in [0.05, 0.1) is 5.56 Å². The standard InChI is InChI=1S/C7H8N2O2S/c1-5-2-3-6(4-9-5)7(10)11-12-8/h2-4H,8H2,1H3. The first-order valence-corrected chi connectivity index (χ1v) is 4.05. The SMILES string of the molecule is Cc1ccc(C(=O)OSN)cn1. The van der Waals surface area contributed by atoms with Gasteiger partial charge in [-0.1, -0.05) is 0 Å². The van der Waals surface area contributed by atoms with E-state index in [0.29, 0.717) is 17.8 Å². The molecule has 0 fully saturated rings. The summed E-state index contributed by atoms with van der Waals surface area (Å²) in [5, 5.41) is 4.95. The van der Waals surface area contributed by atoms with Crippen LogP contribution in [0.5, 0.6) is 0 Å². The number of nitrogens with two attached hydrogens (primary N) is 1. The number of hydrogen-bond donors (Lipinski definition) is 1. The second kappa shape index (κ2) is 4.08. The molecular weight excluding hydrogens is 176 g/mol. The third kappa shape index (κ3) is 2.21. The topological polar surface area (TPSA) is 65.2 Å². The van der Waals surface area contributed by atoms with Crippen LogP contribution < -0.4 is 5.14 Å². The summed E-state index contributed by atoms with van der Waals surface area (Å²) >= 11 is 0.531. The van der Waals surface area contributed by atoms with Gasteiger partial charge in [-0.3, -0.25) is 4.98 Å². The molecule has 0 atom stereocenters. The Morgan fingerprint density at radius 3 is 2.92 bits per heavy atom. The highest BCUT2D eigenvalue weighted by Gasteiger charge is 2.05. The maximum Gasteiger partial charge on any atom is 0.352 e. The Bertz CT molecular complexity index is 273. The molecule has 5 heteroatoms. The van der Waals surface area contributed by atoms with Crippen molar-refractivity contribution in [3.05, 3.63) is 29.6 Å². The van der Waals surface area contributed by atoms with Gasteiger partial charge in [-0.15, -0.1) is 0 Å². The second-order valence-corrected chi connectivity index (χ2v) is 2.51. The number of carbonyl (C=O) groups is 1. The van der Waals surface area contributed by atoms with Gasteiger partial charge in [0.1, 0.15) is 12.2 Å². The minimum absolute atomic E-state index is 0.401. The van der Waals surface area contributed by atoms with Gasteiger partial charge in [0, 0.05) is 11.9 Å². The van der Waals surface area contributed by atoms with Crippen molar-refractivity contribution in [2.45, 2.75) is 6.92 Å². The van der Waals surface area contributed by atoms with Crippen LogP contribution >= 0.6 is 12.2 Å². The molecule has 0 amide bonds. The summed E-state index contributed by atoms with van der Waals surface area (Å²) in [5.41, 5.74) is 1.26. The Morgan fingerprint density at radius 2 is 2.42 bits per heavy atom. The van der Waals surface area contributed by atoms with Crippen LogP contribution in [0.15, 0.2) is 18.3 Å². The number of aryl methyl sites for hydroxylation is 1. The maximum absolute atomic E-state index is 11.0. The zero-order chi connectivity index (χ0) is 8.97. The first-order valence-electron chi connectivity index (χ1n) is 3.24. The van der Waals surface area contributed by atoms with E-state index in [1.54, 1.807) is 12.1 Å². The third-order valence-electron chi connectivity index (χ3n) is 1.27. The van der Waals surface area contributed by atoms with Gasteiger partial charge in [-0.05, 0) is 19.1 Å². The molecule has 1 aromatic rings. The van der Waals surface area contributed by atoms with Crippen molar-refractivity contribution < 1.29 is 8.98 Å². The quantitative estimate of drug-likeness (QED) is 0.550. The smallest absolute Gasteiger partial charge is 0.352 e. The lowest BCUT2D eigenvalue weighted by Crippen LogP contribution is -2.02. The normalized spacial score (nSPS) is 9.50. The number of aromatic nitrogens is 1. The summed E-state index contributed by atoms with van der Waals surface area (Å²) in [4.78, 5) is 14.9. The first kappa shape index (κ1) is 9.02. The minimum atomic E-state index is -0.477.